The van der Waals surface area contributed by atoms with Gasteiger partial charge in [0.15, 0.2) is 0 Å². The molecule has 0 N–H and O–H groups in total. The van der Waals surface area contributed by atoms with Crippen molar-refractivity contribution in [1.29, 1.82) is 0 Å². The Balaban J connectivity index is 2.59. The van der Waals surface area contributed by atoms with E-state index in [1.54, 1.807) is 0 Å². The fourth-order valence-corrected chi connectivity index (χ4v) is 1.92. The van der Waals surface area contributed by atoms with Gasteiger partial charge < -0.3 is 0 Å². The fourth-order valence-electron chi connectivity index (χ4n) is 0.646. The number of allylic oxidation sites excluding steroid dienone is 1. The number of rotatable bonds is 2. The van der Waals surface area contributed by atoms with Gasteiger partial charge in [-0.3, -0.25) is 0 Å². The van der Waals surface area contributed by atoms with Crippen LogP contribution in [0, 0.1) is 0 Å². The van der Waals surface area contributed by atoms with Gasteiger partial charge in [0.05, 0.1) is 0 Å². The first-order chi connectivity index (χ1) is 4.93. The molecule has 0 aliphatic heterocycles. The molecular formula is C9H10Se. The van der Waals surface area contributed by atoms with Gasteiger partial charge in [-0.05, 0) is 0 Å². The molecule has 0 aromatic heterocycles. The van der Waals surface area contributed by atoms with Gasteiger partial charge in [-0.2, -0.15) is 0 Å². The first-order valence-electron chi connectivity index (χ1n) is 3.26. The molecule has 0 unspecified atom stereocenters. The number of benzene rings is 1. The summed E-state index contributed by atoms with van der Waals surface area (Å²) in [5, 5.41) is 0. The Labute approximate surface area is 68.1 Å². The molecule has 0 amide bonds. The summed E-state index contributed by atoms with van der Waals surface area (Å²) >= 11 is 0.538. The Bertz CT molecular complexity index is 201. The molecule has 0 saturated carbocycles. The molecule has 0 fully saturated rings. The standard InChI is InChI=1S/C9H10Se/c1-2-8-10-9-6-4-3-5-7-9/h2-8H,1H3/b8-2+. The molecule has 0 spiro atoms. The molecule has 0 heterocycles. The Morgan fingerprint density at radius 3 is 2.50 bits per heavy atom. The van der Waals surface area contributed by atoms with Gasteiger partial charge in [0.25, 0.3) is 0 Å². The van der Waals surface area contributed by atoms with Crippen LogP contribution < -0.4 is 4.46 Å². The van der Waals surface area contributed by atoms with Crippen molar-refractivity contribution in [2.24, 2.45) is 0 Å². The quantitative estimate of drug-likeness (QED) is 0.631. The molecule has 10 heavy (non-hydrogen) atoms. The van der Waals surface area contributed by atoms with E-state index in [4.69, 9.17) is 0 Å². The molecule has 1 aromatic rings. The van der Waals surface area contributed by atoms with Crippen LogP contribution in [0.15, 0.2) is 41.4 Å². The summed E-state index contributed by atoms with van der Waals surface area (Å²) in [6.07, 6.45) is 2.10. The number of hydrogen-bond acceptors (Lipinski definition) is 0. The van der Waals surface area contributed by atoms with Crippen molar-refractivity contribution in [3.05, 3.63) is 41.4 Å². The molecule has 1 aromatic carbocycles. The van der Waals surface area contributed by atoms with Crippen LogP contribution in [0.5, 0.6) is 0 Å². The Morgan fingerprint density at radius 1 is 1.20 bits per heavy atom. The third-order valence-corrected chi connectivity index (χ3v) is 3.08. The molecule has 0 aliphatic rings. The molecule has 0 radical (unpaired) electrons. The molecule has 0 nitrogen and oxygen atoms in total. The average Bonchev–Trinajstić information content (AvgIpc) is 2.03. The van der Waals surface area contributed by atoms with Crippen molar-refractivity contribution in [3.63, 3.8) is 0 Å². The first kappa shape index (κ1) is 7.58. The van der Waals surface area contributed by atoms with Crippen LogP contribution in [-0.2, 0) is 0 Å². The van der Waals surface area contributed by atoms with Crippen molar-refractivity contribution >= 4 is 19.4 Å². The minimum atomic E-state index is 0.538. The monoisotopic (exact) mass is 198 g/mol. The summed E-state index contributed by atoms with van der Waals surface area (Å²) in [5.74, 6) is 0. The van der Waals surface area contributed by atoms with Crippen LogP contribution in [0.3, 0.4) is 0 Å². The van der Waals surface area contributed by atoms with E-state index in [9.17, 15) is 0 Å². The predicted molar refractivity (Wildman–Crippen MR) is 46.6 cm³/mol. The predicted octanol–water partition coefficient (Wildman–Crippen LogP) is 1.55. The summed E-state index contributed by atoms with van der Waals surface area (Å²) in [4.78, 5) is 2.22. The molecular weight excluding hydrogens is 187 g/mol. The third-order valence-electron chi connectivity index (χ3n) is 1.08. The second kappa shape index (κ2) is 4.32. The Hall–Kier alpha value is -0.521. The van der Waals surface area contributed by atoms with Crippen molar-refractivity contribution in [3.8, 4) is 0 Å². The topological polar surface area (TPSA) is 0 Å². The van der Waals surface area contributed by atoms with E-state index in [1.165, 1.54) is 4.46 Å². The summed E-state index contributed by atoms with van der Waals surface area (Å²) in [6.45, 7) is 2.06. The zero-order chi connectivity index (χ0) is 7.23. The van der Waals surface area contributed by atoms with Crippen LogP contribution in [0.2, 0.25) is 0 Å². The van der Waals surface area contributed by atoms with E-state index in [-0.39, 0.29) is 0 Å². The molecule has 1 rings (SSSR count). The van der Waals surface area contributed by atoms with E-state index in [0.29, 0.717) is 15.0 Å². The maximum absolute atomic E-state index is 2.22. The molecule has 0 atom stereocenters. The zero-order valence-corrected chi connectivity index (χ0v) is 7.66. The summed E-state index contributed by atoms with van der Waals surface area (Å²) in [7, 11) is 0. The van der Waals surface area contributed by atoms with E-state index in [1.807, 2.05) is 0 Å². The van der Waals surface area contributed by atoms with Crippen molar-refractivity contribution in [1.82, 2.24) is 0 Å². The third kappa shape index (κ3) is 2.38. The zero-order valence-electron chi connectivity index (χ0n) is 5.95. The van der Waals surface area contributed by atoms with Gasteiger partial charge in [0.2, 0.25) is 0 Å². The Kier molecular flexibility index (Phi) is 3.28. The van der Waals surface area contributed by atoms with Gasteiger partial charge in [0.1, 0.15) is 0 Å². The molecule has 0 saturated heterocycles. The van der Waals surface area contributed by atoms with E-state index < -0.39 is 0 Å². The molecule has 1 heteroatoms. The Morgan fingerprint density at radius 2 is 1.90 bits per heavy atom. The van der Waals surface area contributed by atoms with Crippen molar-refractivity contribution < 1.29 is 0 Å². The van der Waals surface area contributed by atoms with Crippen molar-refractivity contribution in [2.75, 3.05) is 0 Å². The van der Waals surface area contributed by atoms with Crippen LogP contribution in [0.25, 0.3) is 0 Å². The summed E-state index contributed by atoms with van der Waals surface area (Å²) in [6, 6.07) is 10.6. The normalized spacial score (nSPS) is 10.5. The van der Waals surface area contributed by atoms with Gasteiger partial charge >= 0.3 is 67.7 Å². The summed E-state index contributed by atoms with van der Waals surface area (Å²) < 4.78 is 1.44. The van der Waals surface area contributed by atoms with E-state index in [2.05, 4.69) is 48.3 Å². The van der Waals surface area contributed by atoms with Gasteiger partial charge in [-0.15, -0.1) is 0 Å². The number of hydrogen-bond donors (Lipinski definition) is 0. The van der Waals surface area contributed by atoms with E-state index >= 15 is 0 Å². The molecule has 0 aliphatic carbocycles. The summed E-state index contributed by atoms with van der Waals surface area (Å²) in [5.41, 5.74) is 0. The van der Waals surface area contributed by atoms with Crippen LogP contribution in [0.4, 0.5) is 0 Å². The maximum atomic E-state index is 2.22. The SMILES string of the molecule is C/C=C/[Se]c1ccccc1. The average molecular weight is 197 g/mol. The first-order valence-corrected chi connectivity index (χ1v) is 5.11. The van der Waals surface area contributed by atoms with Crippen LogP contribution in [0.1, 0.15) is 6.92 Å². The second-order valence-electron chi connectivity index (χ2n) is 1.90. The fraction of sp³-hybridized carbons (Fsp3) is 0.111. The van der Waals surface area contributed by atoms with Gasteiger partial charge in [0, 0.05) is 0 Å². The van der Waals surface area contributed by atoms with Crippen LogP contribution >= 0.6 is 0 Å². The second-order valence-corrected chi connectivity index (χ2v) is 3.95. The van der Waals surface area contributed by atoms with Crippen molar-refractivity contribution in [2.45, 2.75) is 6.92 Å². The van der Waals surface area contributed by atoms with E-state index in [0.717, 1.165) is 0 Å². The minimum absolute atomic E-state index is 0.538. The molecule has 0 bridgehead atoms. The van der Waals surface area contributed by atoms with Crippen LogP contribution in [-0.4, -0.2) is 15.0 Å². The van der Waals surface area contributed by atoms with Gasteiger partial charge in [-0.25, -0.2) is 0 Å². The van der Waals surface area contributed by atoms with Gasteiger partial charge in [-0.1, -0.05) is 0 Å². The molecule has 52 valence electrons.